The highest BCUT2D eigenvalue weighted by Crippen LogP contribution is 2.14. The zero-order valence-electron chi connectivity index (χ0n) is 6.12. The lowest BCUT2D eigenvalue weighted by atomic mass is 10.3. The van der Waals surface area contributed by atoms with E-state index in [1.54, 1.807) is 6.08 Å². The van der Waals surface area contributed by atoms with Gasteiger partial charge in [-0.1, -0.05) is 23.8 Å². The lowest BCUT2D eigenvalue weighted by Crippen LogP contribution is -1.71. The quantitative estimate of drug-likeness (QED) is 0.542. The first kappa shape index (κ1) is 9.44. The first-order chi connectivity index (χ1) is 4.57. The molecule has 0 aromatic rings. The number of rotatable bonds is 2. The van der Waals surface area contributed by atoms with E-state index in [9.17, 15) is 4.39 Å². The minimum Gasteiger partial charge on any atom is -0.205 e. The molecule has 0 fully saturated rings. The van der Waals surface area contributed by atoms with Gasteiger partial charge in [-0.3, -0.25) is 0 Å². The lowest BCUT2D eigenvalue weighted by Gasteiger charge is -1.90. The molecular weight excluding hydrogens is 151 g/mol. The van der Waals surface area contributed by atoms with E-state index in [0.29, 0.717) is 0 Å². The summed E-state index contributed by atoms with van der Waals surface area (Å²) in [6, 6.07) is 0. The van der Waals surface area contributed by atoms with Crippen molar-refractivity contribution in [3.63, 3.8) is 0 Å². The van der Waals surface area contributed by atoms with Crippen LogP contribution in [-0.4, -0.2) is 0 Å². The molecule has 0 atom stereocenters. The summed E-state index contributed by atoms with van der Waals surface area (Å²) in [6.07, 6.45) is 2.64. The molecule has 0 N–H and O–H groups in total. The lowest BCUT2D eigenvalue weighted by molar-refractivity contribution is 0.665. The molecule has 0 bridgehead atoms. The maximum absolute atomic E-state index is 12.5. The number of hydrogen-bond donors (Lipinski definition) is 0. The Kier molecular flexibility index (Phi) is 4.05. The zero-order valence-corrected chi connectivity index (χ0v) is 6.87. The summed E-state index contributed by atoms with van der Waals surface area (Å²) < 4.78 is 12.5. The highest BCUT2D eigenvalue weighted by molar-refractivity contribution is 6.31. The molecule has 0 aliphatic carbocycles. The van der Waals surface area contributed by atoms with Gasteiger partial charge in [-0.15, -0.1) is 0 Å². The van der Waals surface area contributed by atoms with Crippen LogP contribution >= 0.6 is 11.6 Å². The van der Waals surface area contributed by atoms with Crippen LogP contribution in [-0.2, 0) is 0 Å². The molecule has 0 spiro atoms. The molecule has 0 unspecified atom stereocenters. The average molecular weight is 161 g/mol. The van der Waals surface area contributed by atoms with E-state index in [1.165, 1.54) is 0 Å². The van der Waals surface area contributed by atoms with E-state index in [2.05, 4.69) is 6.58 Å². The van der Waals surface area contributed by atoms with Gasteiger partial charge in [0, 0.05) is 0 Å². The van der Waals surface area contributed by atoms with Crippen LogP contribution in [0.25, 0.3) is 0 Å². The largest absolute Gasteiger partial charge is 0.205 e. The van der Waals surface area contributed by atoms with Crippen LogP contribution in [0.15, 0.2) is 35.2 Å². The topological polar surface area (TPSA) is 0 Å². The fourth-order valence-electron chi connectivity index (χ4n) is 0.420. The molecule has 0 heterocycles. The molecule has 0 rings (SSSR count). The Labute approximate surface area is 65.7 Å². The molecule has 0 aliphatic rings. The first-order valence-electron chi connectivity index (χ1n) is 2.90. The molecule has 0 saturated carbocycles. The van der Waals surface area contributed by atoms with Crippen molar-refractivity contribution in [2.24, 2.45) is 0 Å². The monoisotopic (exact) mass is 160 g/mol. The summed E-state index contributed by atoms with van der Waals surface area (Å²) in [6.45, 7) is 6.93. The van der Waals surface area contributed by atoms with Gasteiger partial charge in [0.2, 0.25) is 0 Å². The third kappa shape index (κ3) is 3.46. The molecule has 0 radical (unpaired) electrons. The van der Waals surface area contributed by atoms with E-state index < -0.39 is 5.83 Å². The Bertz CT molecular complexity index is 185. The van der Waals surface area contributed by atoms with Gasteiger partial charge < -0.3 is 0 Å². The second-order valence-electron chi connectivity index (χ2n) is 2.12. The summed E-state index contributed by atoms with van der Waals surface area (Å²) in [5.74, 6) is -0.483. The van der Waals surface area contributed by atoms with E-state index in [1.807, 2.05) is 13.8 Å². The van der Waals surface area contributed by atoms with Crippen molar-refractivity contribution in [1.82, 2.24) is 0 Å². The Balaban J connectivity index is 4.48. The average Bonchev–Trinajstić information content (AvgIpc) is 1.85. The van der Waals surface area contributed by atoms with Gasteiger partial charge in [0.1, 0.15) is 5.83 Å². The minimum atomic E-state index is -0.483. The van der Waals surface area contributed by atoms with E-state index in [-0.39, 0.29) is 5.03 Å². The summed E-state index contributed by atoms with van der Waals surface area (Å²) in [5.41, 5.74) is 0.960. The molecule has 0 saturated heterocycles. The highest BCUT2D eigenvalue weighted by Gasteiger charge is 1.94. The molecule has 2 heteroatoms. The SMILES string of the molecule is C=C/C(F)=C(/Cl)C=C(C)C. The van der Waals surface area contributed by atoms with Crippen molar-refractivity contribution in [2.75, 3.05) is 0 Å². The fourth-order valence-corrected chi connectivity index (χ4v) is 0.715. The molecule has 0 nitrogen and oxygen atoms in total. The molecule has 56 valence electrons. The number of allylic oxidation sites excluding steroid dienone is 5. The molecule has 0 aromatic heterocycles. The minimum absolute atomic E-state index is 0.106. The number of hydrogen-bond acceptors (Lipinski definition) is 0. The predicted octanol–water partition coefficient (Wildman–Crippen LogP) is 3.56. The Morgan fingerprint density at radius 2 is 2.00 bits per heavy atom. The van der Waals surface area contributed by atoms with Crippen molar-refractivity contribution in [3.05, 3.63) is 35.2 Å². The summed E-state index contributed by atoms with van der Waals surface area (Å²) in [4.78, 5) is 0. The van der Waals surface area contributed by atoms with Crippen molar-refractivity contribution in [1.29, 1.82) is 0 Å². The Hall–Kier alpha value is -0.560. The second-order valence-corrected chi connectivity index (χ2v) is 2.53. The van der Waals surface area contributed by atoms with Crippen molar-refractivity contribution in [3.8, 4) is 0 Å². The molecule has 0 amide bonds. The van der Waals surface area contributed by atoms with E-state index in [4.69, 9.17) is 11.6 Å². The van der Waals surface area contributed by atoms with Crippen LogP contribution in [0.2, 0.25) is 0 Å². The van der Waals surface area contributed by atoms with Crippen LogP contribution in [0, 0.1) is 0 Å². The third-order valence-electron chi connectivity index (χ3n) is 0.823. The maximum Gasteiger partial charge on any atom is 0.141 e. The van der Waals surface area contributed by atoms with Gasteiger partial charge >= 0.3 is 0 Å². The summed E-state index contributed by atoms with van der Waals surface area (Å²) in [5, 5.41) is 0.106. The Morgan fingerprint density at radius 1 is 1.50 bits per heavy atom. The zero-order chi connectivity index (χ0) is 8.15. The smallest absolute Gasteiger partial charge is 0.141 e. The normalized spacial score (nSPS) is 12.0. The van der Waals surface area contributed by atoms with Crippen LogP contribution in [0.3, 0.4) is 0 Å². The molecule has 10 heavy (non-hydrogen) atoms. The summed E-state index contributed by atoms with van der Waals surface area (Å²) >= 11 is 5.48. The first-order valence-corrected chi connectivity index (χ1v) is 3.28. The van der Waals surface area contributed by atoms with Gasteiger partial charge in [-0.25, -0.2) is 4.39 Å². The van der Waals surface area contributed by atoms with Crippen molar-refractivity contribution < 1.29 is 4.39 Å². The van der Waals surface area contributed by atoms with Crippen LogP contribution in [0.1, 0.15) is 13.8 Å². The van der Waals surface area contributed by atoms with Gasteiger partial charge in [-0.2, -0.15) is 0 Å². The van der Waals surface area contributed by atoms with Crippen LogP contribution in [0.4, 0.5) is 4.39 Å². The molecule has 0 aliphatic heterocycles. The predicted molar refractivity (Wildman–Crippen MR) is 43.6 cm³/mol. The van der Waals surface area contributed by atoms with Crippen molar-refractivity contribution in [2.45, 2.75) is 13.8 Å². The van der Waals surface area contributed by atoms with Crippen LogP contribution < -0.4 is 0 Å². The van der Waals surface area contributed by atoms with Crippen molar-refractivity contribution >= 4 is 11.6 Å². The Morgan fingerprint density at radius 3 is 2.30 bits per heavy atom. The maximum atomic E-state index is 12.5. The van der Waals surface area contributed by atoms with Crippen LogP contribution in [0.5, 0.6) is 0 Å². The van der Waals surface area contributed by atoms with Gasteiger partial charge in [0.05, 0.1) is 5.03 Å². The van der Waals surface area contributed by atoms with E-state index >= 15 is 0 Å². The van der Waals surface area contributed by atoms with Gasteiger partial charge in [0.15, 0.2) is 0 Å². The summed E-state index contributed by atoms with van der Waals surface area (Å²) in [7, 11) is 0. The highest BCUT2D eigenvalue weighted by atomic mass is 35.5. The van der Waals surface area contributed by atoms with Gasteiger partial charge in [0.25, 0.3) is 0 Å². The number of halogens is 2. The third-order valence-corrected chi connectivity index (χ3v) is 1.11. The molecular formula is C8H10ClF. The standard InChI is InChI=1S/C8H10ClF/c1-4-8(10)7(9)5-6(2)3/h4-5H,1H2,2-3H3/b8-7-. The van der Waals surface area contributed by atoms with E-state index in [0.717, 1.165) is 11.6 Å². The van der Waals surface area contributed by atoms with Gasteiger partial charge in [-0.05, 0) is 26.0 Å². The fraction of sp³-hybridized carbons (Fsp3) is 0.250. The second kappa shape index (κ2) is 4.29. The molecule has 0 aromatic carbocycles.